The average Bonchev–Trinajstić information content (AvgIpc) is 2.69. The Kier molecular flexibility index (Phi) is 8.44. The van der Waals surface area contributed by atoms with Crippen molar-refractivity contribution in [3.05, 3.63) is 70.8 Å². The molecule has 0 unspecified atom stereocenters. The van der Waals surface area contributed by atoms with Crippen molar-refractivity contribution in [1.82, 2.24) is 10.2 Å². The van der Waals surface area contributed by atoms with Crippen LogP contribution in [0.25, 0.3) is 0 Å². The van der Waals surface area contributed by atoms with E-state index in [9.17, 15) is 9.59 Å². The zero-order valence-electron chi connectivity index (χ0n) is 18.4. The molecule has 1 atom stereocenters. The maximum atomic E-state index is 13.3. The summed E-state index contributed by atoms with van der Waals surface area (Å²) in [7, 11) is 0. The summed E-state index contributed by atoms with van der Waals surface area (Å²) >= 11 is 0. The highest BCUT2D eigenvalue weighted by atomic mass is 16.2. The molecule has 0 aliphatic carbocycles. The van der Waals surface area contributed by atoms with Gasteiger partial charge in [0, 0.05) is 13.1 Å². The van der Waals surface area contributed by atoms with Gasteiger partial charge in [-0.15, -0.1) is 0 Å². The lowest BCUT2D eigenvalue weighted by Gasteiger charge is -2.31. The Hall–Kier alpha value is -2.62. The molecule has 2 aromatic rings. The molecule has 1 N–H and O–H groups in total. The van der Waals surface area contributed by atoms with Gasteiger partial charge in [0.2, 0.25) is 11.8 Å². The Morgan fingerprint density at radius 3 is 2.24 bits per heavy atom. The molecule has 156 valence electrons. The topological polar surface area (TPSA) is 49.4 Å². The van der Waals surface area contributed by atoms with E-state index in [1.165, 1.54) is 11.1 Å². The Morgan fingerprint density at radius 1 is 0.966 bits per heavy atom. The number of hydrogen-bond acceptors (Lipinski definition) is 2. The maximum Gasteiger partial charge on any atom is 0.242 e. The number of benzene rings is 2. The van der Waals surface area contributed by atoms with E-state index in [0.29, 0.717) is 31.8 Å². The third-order valence-electron chi connectivity index (χ3n) is 5.19. The van der Waals surface area contributed by atoms with Crippen LogP contribution in [0.2, 0.25) is 0 Å². The number of rotatable bonds is 9. The van der Waals surface area contributed by atoms with Crippen LogP contribution in [0.5, 0.6) is 0 Å². The molecule has 0 aromatic heterocycles. The van der Waals surface area contributed by atoms with Crippen molar-refractivity contribution in [3.8, 4) is 0 Å². The standard InChI is InChI=1S/C25H34N2O2/c1-6-23(25(29)26-16-18(2)3)27(17-21-10-8-7-9-11-21)24(28)15-22-13-12-19(4)20(5)14-22/h7-14,18,23H,6,15-17H2,1-5H3,(H,26,29)/t23-/m0/s1. The normalized spacial score (nSPS) is 11.9. The molecule has 2 aromatic carbocycles. The minimum atomic E-state index is -0.479. The highest BCUT2D eigenvalue weighted by Gasteiger charge is 2.28. The molecule has 0 saturated carbocycles. The lowest BCUT2D eigenvalue weighted by Crippen LogP contribution is -2.50. The number of carbonyl (C=O) groups is 2. The van der Waals surface area contributed by atoms with Gasteiger partial charge in [-0.25, -0.2) is 0 Å². The van der Waals surface area contributed by atoms with Gasteiger partial charge in [0.25, 0.3) is 0 Å². The zero-order chi connectivity index (χ0) is 21.4. The van der Waals surface area contributed by atoms with E-state index in [0.717, 1.165) is 11.1 Å². The molecular formula is C25H34N2O2. The predicted octanol–water partition coefficient (Wildman–Crippen LogP) is 4.43. The SMILES string of the molecule is CC[C@@H](C(=O)NCC(C)C)N(Cc1ccccc1)C(=O)Cc1ccc(C)c(C)c1. The predicted molar refractivity (Wildman–Crippen MR) is 119 cm³/mol. The largest absolute Gasteiger partial charge is 0.354 e. The quantitative estimate of drug-likeness (QED) is 0.684. The highest BCUT2D eigenvalue weighted by molar-refractivity contribution is 5.88. The Labute approximate surface area is 175 Å². The third-order valence-corrected chi connectivity index (χ3v) is 5.19. The summed E-state index contributed by atoms with van der Waals surface area (Å²) in [5.41, 5.74) is 4.39. The van der Waals surface area contributed by atoms with Crippen molar-refractivity contribution < 1.29 is 9.59 Å². The molecule has 29 heavy (non-hydrogen) atoms. The van der Waals surface area contributed by atoms with E-state index in [1.54, 1.807) is 4.90 Å². The van der Waals surface area contributed by atoms with Crippen molar-refractivity contribution >= 4 is 11.8 Å². The molecular weight excluding hydrogens is 360 g/mol. The highest BCUT2D eigenvalue weighted by Crippen LogP contribution is 2.16. The summed E-state index contributed by atoms with van der Waals surface area (Å²) in [6.45, 7) is 11.2. The number of nitrogens with one attached hydrogen (secondary N) is 1. The lowest BCUT2D eigenvalue weighted by molar-refractivity contribution is -0.141. The number of nitrogens with zero attached hydrogens (tertiary/aromatic N) is 1. The van der Waals surface area contributed by atoms with Gasteiger partial charge in [0.05, 0.1) is 6.42 Å². The van der Waals surface area contributed by atoms with E-state index in [-0.39, 0.29) is 11.8 Å². The Morgan fingerprint density at radius 2 is 1.66 bits per heavy atom. The second-order valence-corrected chi connectivity index (χ2v) is 8.17. The Bertz CT molecular complexity index is 815. The molecule has 0 aliphatic rings. The maximum absolute atomic E-state index is 13.3. The fourth-order valence-electron chi connectivity index (χ4n) is 3.31. The number of amides is 2. The molecule has 4 nitrogen and oxygen atoms in total. The van der Waals surface area contributed by atoms with Gasteiger partial charge in [-0.05, 0) is 48.4 Å². The van der Waals surface area contributed by atoms with E-state index < -0.39 is 6.04 Å². The number of aryl methyl sites for hydroxylation is 2. The first kappa shape index (κ1) is 22.7. The van der Waals surface area contributed by atoms with Crippen LogP contribution in [0, 0.1) is 19.8 Å². The van der Waals surface area contributed by atoms with Gasteiger partial charge >= 0.3 is 0 Å². The van der Waals surface area contributed by atoms with Gasteiger partial charge < -0.3 is 10.2 Å². The number of carbonyl (C=O) groups excluding carboxylic acids is 2. The van der Waals surface area contributed by atoms with Crippen LogP contribution in [0.15, 0.2) is 48.5 Å². The van der Waals surface area contributed by atoms with Gasteiger partial charge in [-0.3, -0.25) is 9.59 Å². The molecule has 2 rings (SSSR count). The lowest BCUT2D eigenvalue weighted by atomic mass is 10.0. The van der Waals surface area contributed by atoms with Crippen LogP contribution >= 0.6 is 0 Å². The third kappa shape index (κ3) is 6.74. The summed E-state index contributed by atoms with van der Waals surface area (Å²) in [6, 6.07) is 15.5. The molecule has 4 heteroatoms. The van der Waals surface area contributed by atoms with E-state index in [4.69, 9.17) is 0 Å². The second kappa shape index (κ2) is 10.8. The van der Waals surface area contributed by atoms with E-state index >= 15 is 0 Å². The van der Waals surface area contributed by atoms with Crippen molar-refractivity contribution in [2.45, 2.75) is 60.0 Å². The van der Waals surface area contributed by atoms with Gasteiger partial charge in [-0.2, -0.15) is 0 Å². The monoisotopic (exact) mass is 394 g/mol. The fourth-order valence-corrected chi connectivity index (χ4v) is 3.31. The van der Waals surface area contributed by atoms with Crippen LogP contribution in [0.1, 0.15) is 49.4 Å². The Balaban J connectivity index is 2.25. The molecule has 2 amide bonds. The van der Waals surface area contributed by atoms with E-state index in [1.807, 2.05) is 49.4 Å². The smallest absolute Gasteiger partial charge is 0.242 e. The van der Waals surface area contributed by atoms with E-state index in [2.05, 4.69) is 39.1 Å². The molecule has 0 aliphatic heterocycles. The molecule has 0 fully saturated rings. The van der Waals surface area contributed by atoms with Crippen LogP contribution in [-0.4, -0.2) is 29.3 Å². The minimum Gasteiger partial charge on any atom is -0.354 e. The summed E-state index contributed by atoms with van der Waals surface area (Å²) in [4.78, 5) is 27.9. The fraction of sp³-hybridized carbons (Fsp3) is 0.440. The summed E-state index contributed by atoms with van der Waals surface area (Å²) in [5, 5.41) is 3.00. The summed E-state index contributed by atoms with van der Waals surface area (Å²) < 4.78 is 0. The van der Waals surface area contributed by atoms with Crippen molar-refractivity contribution in [2.24, 2.45) is 5.92 Å². The van der Waals surface area contributed by atoms with Gasteiger partial charge in [0.1, 0.15) is 6.04 Å². The molecule has 0 saturated heterocycles. The molecule has 0 bridgehead atoms. The van der Waals surface area contributed by atoms with Crippen LogP contribution < -0.4 is 5.32 Å². The van der Waals surface area contributed by atoms with Crippen molar-refractivity contribution in [3.63, 3.8) is 0 Å². The second-order valence-electron chi connectivity index (χ2n) is 8.17. The van der Waals surface area contributed by atoms with Gasteiger partial charge in [0.15, 0.2) is 0 Å². The first-order valence-corrected chi connectivity index (χ1v) is 10.5. The minimum absolute atomic E-state index is 0.0244. The first-order valence-electron chi connectivity index (χ1n) is 10.5. The average molecular weight is 395 g/mol. The van der Waals surface area contributed by atoms with Crippen LogP contribution in [0.3, 0.4) is 0 Å². The van der Waals surface area contributed by atoms with Crippen LogP contribution in [-0.2, 0) is 22.6 Å². The van der Waals surface area contributed by atoms with Crippen LogP contribution in [0.4, 0.5) is 0 Å². The zero-order valence-corrected chi connectivity index (χ0v) is 18.4. The summed E-state index contributed by atoms with van der Waals surface area (Å²) in [6.07, 6.45) is 0.872. The molecule has 0 spiro atoms. The van der Waals surface area contributed by atoms with Crippen molar-refractivity contribution in [1.29, 1.82) is 0 Å². The van der Waals surface area contributed by atoms with Gasteiger partial charge in [-0.1, -0.05) is 69.3 Å². The van der Waals surface area contributed by atoms with Crippen molar-refractivity contribution in [2.75, 3.05) is 6.54 Å². The molecule has 0 heterocycles. The number of hydrogen-bond donors (Lipinski definition) is 1. The molecule has 0 radical (unpaired) electrons. The summed E-state index contributed by atoms with van der Waals surface area (Å²) in [5.74, 6) is 0.263. The first-order chi connectivity index (χ1) is 13.8.